The van der Waals surface area contributed by atoms with E-state index in [1.165, 1.54) is 17.0 Å². The lowest BCUT2D eigenvalue weighted by Gasteiger charge is -2.19. The molecule has 0 amide bonds. The molecule has 1 rings (SSSR count). The molecular formula is C17H33N3O. The zero-order valence-corrected chi connectivity index (χ0v) is 14.5. The van der Waals surface area contributed by atoms with Gasteiger partial charge in [0, 0.05) is 23.9 Å². The predicted octanol–water partition coefficient (Wildman–Crippen LogP) is 3.50. The fraction of sp³-hybridized carbons (Fsp3) is 0.824. The number of nitrogens with one attached hydrogen (secondary N) is 1. The maximum absolute atomic E-state index is 5.49. The van der Waals surface area contributed by atoms with Crippen molar-refractivity contribution in [3.63, 3.8) is 0 Å². The first kappa shape index (κ1) is 18.2. The van der Waals surface area contributed by atoms with Crippen LogP contribution in [0.3, 0.4) is 0 Å². The Bertz CT molecular complexity index is 401. The Hall–Kier alpha value is -0.870. The Morgan fingerprint density at radius 2 is 1.90 bits per heavy atom. The van der Waals surface area contributed by atoms with Gasteiger partial charge in [-0.25, -0.2) is 0 Å². The fourth-order valence-electron chi connectivity index (χ4n) is 2.85. The van der Waals surface area contributed by atoms with Crippen LogP contribution in [0.4, 0.5) is 0 Å². The third-order valence-electron chi connectivity index (χ3n) is 3.89. The van der Waals surface area contributed by atoms with E-state index in [4.69, 9.17) is 9.84 Å². The van der Waals surface area contributed by atoms with Crippen LogP contribution >= 0.6 is 0 Å². The smallest absolute Gasteiger partial charge is 0.0672 e. The maximum atomic E-state index is 5.49. The van der Waals surface area contributed by atoms with Crippen LogP contribution in [-0.4, -0.2) is 29.5 Å². The van der Waals surface area contributed by atoms with Gasteiger partial charge in [0.2, 0.25) is 0 Å². The molecule has 122 valence electrons. The van der Waals surface area contributed by atoms with Crippen molar-refractivity contribution in [2.45, 2.75) is 72.9 Å². The maximum Gasteiger partial charge on any atom is 0.0672 e. The van der Waals surface area contributed by atoms with E-state index in [9.17, 15) is 0 Å². The molecule has 1 N–H and O–H groups in total. The summed E-state index contributed by atoms with van der Waals surface area (Å²) in [6, 6.07) is 0.427. The number of ether oxygens (including phenoxy) is 1. The Balaban J connectivity index is 3.03. The molecular weight excluding hydrogens is 262 g/mol. The first-order valence-electron chi connectivity index (χ1n) is 8.62. The highest BCUT2D eigenvalue weighted by molar-refractivity contribution is 5.30. The third-order valence-corrected chi connectivity index (χ3v) is 3.89. The van der Waals surface area contributed by atoms with Gasteiger partial charge in [-0.1, -0.05) is 27.7 Å². The summed E-state index contributed by atoms with van der Waals surface area (Å²) in [6.45, 7) is 14.4. The second kappa shape index (κ2) is 9.96. The van der Waals surface area contributed by atoms with Gasteiger partial charge >= 0.3 is 0 Å². The molecule has 0 saturated carbocycles. The SMILES string of the molecule is CCCNC(CC)c1c(CC)nn(CCOCC)c1CC. The van der Waals surface area contributed by atoms with E-state index < -0.39 is 0 Å². The van der Waals surface area contributed by atoms with Gasteiger partial charge in [0.05, 0.1) is 18.8 Å². The molecule has 4 nitrogen and oxygen atoms in total. The van der Waals surface area contributed by atoms with Crippen LogP contribution in [0.25, 0.3) is 0 Å². The van der Waals surface area contributed by atoms with Crippen molar-refractivity contribution in [1.29, 1.82) is 0 Å². The van der Waals surface area contributed by atoms with E-state index in [1.807, 2.05) is 6.92 Å². The number of nitrogens with zero attached hydrogens (tertiary/aromatic N) is 2. The van der Waals surface area contributed by atoms with E-state index in [1.54, 1.807) is 0 Å². The lowest BCUT2D eigenvalue weighted by molar-refractivity contribution is 0.135. The molecule has 1 unspecified atom stereocenters. The van der Waals surface area contributed by atoms with Gasteiger partial charge in [-0.3, -0.25) is 4.68 Å². The Morgan fingerprint density at radius 1 is 1.14 bits per heavy atom. The number of aromatic nitrogens is 2. The lowest BCUT2D eigenvalue weighted by Crippen LogP contribution is -2.23. The molecule has 1 atom stereocenters. The molecule has 0 bridgehead atoms. The average Bonchev–Trinajstić information content (AvgIpc) is 2.86. The highest BCUT2D eigenvalue weighted by atomic mass is 16.5. The van der Waals surface area contributed by atoms with Crippen LogP contribution in [0.5, 0.6) is 0 Å². The molecule has 0 saturated heterocycles. The summed E-state index contributed by atoms with van der Waals surface area (Å²) in [7, 11) is 0. The highest BCUT2D eigenvalue weighted by Gasteiger charge is 2.21. The second-order valence-corrected chi connectivity index (χ2v) is 5.35. The summed E-state index contributed by atoms with van der Waals surface area (Å²) < 4.78 is 7.66. The molecule has 0 spiro atoms. The van der Waals surface area contributed by atoms with Gasteiger partial charge < -0.3 is 10.1 Å². The number of rotatable bonds is 11. The van der Waals surface area contributed by atoms with Crippen LogP contribution in [0.1, 0.15) is 70.5 Å². The molecule has 0 fully saturated rings. The first-order valence-corrected chi connectivity index (χ1v) is 8.62. The minimum atomic E-state index is 0.427. The second-order valence-electron chi connectivity index (χ2n) is 5.35. The first-order chi connectivity index (χ1) is 10.2. The Labute approximate surface area is 130 Å². The van der Waals surface area contributed by atoms with Crippen molar-refractivity contribution in [2.75, 3.05) is 19.8 Å². The van der Waals surface area contributed by atoms with Gasteiger partial charge in [-0.2, -0.15) is 5.10 Å². The Morgan fingerprint density at radius 3 is 2.43 bits per heavy atom. The Kier molecular flexibility index (Phi) is 8.62. The molecule has 1 aromatic heterocycles. The van der Waals surface area contributed by atoms with E-state index in [-0.39, 0.29) is 0 Å². The fourth-order valence-corrected chi connectivity index (χ4v) is 2.85. The van der Waals surface area contributed by atoms with Gasteiger partial charge in [0.15, 0.2) is 0 Å². The van der Waals surface area contributed by atoms with E-state index in [0.29, 0.717) is 6.04 Å². The third kappa shape index (κ3) is 4.82. The topological polar surface area (TPSA) is 39.1 Å². The van der Waals surface area contributed by atoms with E-state index in [0.717, 1.165) is 52.0 Å². The summed E-state index contributed by atoms with van der Waals surface area (Å²) in [4.78, 5) is 0. The van der Waals surface area contributed by atoms with Crippen molar-refractivity contribution in [1.82, 2.24) is 15.1 Å². The van der Waals surface area contributed by atoms with Crippen molar-refractivity contribution in [3.05, 3.63) is 17.0 Å². The van der Waals surface area contributed by atoms with Gasteiger partial charge in [-0.15, -0.1) is 0 Å². The zero-order chi connectivity index (χ0) is 15.7. The van der Waals surface area contributed by atoms with Crippen molar-refractivity contribution < 1.29 is 4.74 Å². The summed E-state index contributed by atoms with van der Waals surface area (Å²) in [6.07, 6.45) is 4.29. The van der Waals surface area contributed by atoms with Gasteiger partial charge in [-0.05, 0) is 39.2 Å². The minimum Gasteiger partial charge on any atom is -0.380 e. The van der Waals surface area contributed by atoms with E-state index >= 15 is 0 Å². The van der Waals surface area contributed by atoms with Crippen molar-refractivity contribution >= 4 is 0 Å². The number of hydrogen-bond acceptors (Lipinski definition) is 3. The summed E-state index contributed by atoms with van der Waals surface area (Å²) in [5.41, 5.74) is 4.06. The van der Waals surface area contributed by atoms with Crippen LogP contribution in [-0.2, 0) is 24.1 Å². The molecule has 1 aromatic rings. The van der Waals surface area contributed by atoms with Crippen molar-refractivity contribution in [3.8, 4) is 0 Å². The highest BCUT2D eigenvalue weighted by Crippen LogP contribution is 2.26. The van der Waals surface area contributed by atoms with Gasteiger partial charge in [0.25, 0.3) is 0 Å². The predicted molar refractivity (Wildman–Crippen MR) is 88.8 cm³/mol. The molecule has 0 radical (unpaired) electrons. The van der Waals surface area contributed by atoms with Gasteiger partial charge in [0.1, 0.15) is 0 Å². The van der Waals surface area contributed by atoms with Crippen LogP contribution in [0.15, 0.2) is 0 Å². The molecule has 21 heavy (non-hydrogen) atoms. The number of hydrogen-bond donors (Lipinski definition) is 1. The van der Waals surface area contributed by atoms with Crippen LogP contribution in [0.2, 0.25) is 0 Å². The summed E-state index contributed by atoms with van der Waals surface area (Å²) in [5, 5.41) is 8.53. The largest absolute Gasteiger partial charge is 0.380 e. The number of aryl methyl sites for hydroxylation is 1. The van der Waals surface area contributed by atoms with Crippen LogP contribution in [0, 0.1) is 0 Å². The summed E-state index contributed by atoms with van der Waals surface area (Å²) >= 11 is 0. The van der Waals surface area contributed by atoms with Crippen LogP contribution < -0.4 is 5.32 Å². The monoisotopic (exact) mass is 295 g/mol. The molecule has 4 heteroatoms. The quantitative estimate of drug-likeness (QED) is 0.635. The average molecular weight is 295 g/mol. The molecule has 1 heterocycles. The standard InChI is InChI=1S/C17H33N3O/c1-6-11-18-14(7-2)17-15(8-3)19-20(16(17)9-4)12-13-21-10-5/h14,18H,6-13H2,1-5H3. The van der Waals surface area contributed by atoms with Crippen molar-refractivity contribution in [2.24, 2.45) is 0 Å². The molecule has 0 aromatic carbocycles. The van der Waals surface area contributed by atoms with E-state index in [2.05, 4.69) is 37.7 Å². The molecule has 0 aliphatic rings. The normalized spacial score (nSPS) is 12.8. The lowest BCUT2D eigenvalue weighted by atomic mass is 9.99. The summed E-state index contributed by atoms with van der Waals surface area (Å²) in [5.74, 6) is 0. The molecule has 0 aliphatic heterocycles. The minimum absolute atomic E-state index is 0.427. The zero-order valence-electron chi connectivity index (χ0n) is 14.5. The molecule has 0 aliphatic carbocycles.